The van der Waals surface area contributed by atoms with Crippen LogP contribution in [0, 0.1) is 0 Å². The van der Waals surface area contributed by atoms with E-state index in [1.807, 2.05) is 0 Å². The minimum absolute atomic E-state index is 0.740. The van der Waals surface area contributed by atoms with Gasteiger partial charge < -0.3 is 0 Å². The van der Waals surface area contributed by atoms with Crippen LogP contribution in [0.2, 0.25) is 0 Å². The van der Waals surface area contributed by atoms with Crippen LogP contribution in [0.1, 0.15) is 214 Å². The predicted octanol–water partition coefficient (Wildman–Crippen LogP) is 14.4. The van der Waals surface area contributed by atoms with Gasteiger partial charge in [-0.1, -0.05) is 163 Å². The van der Waals surface area contributed by atoms with E-state index in [9.17, 15) is 0 Å². The molecule has 38 heavy (non-hydrogen) atoms. The Kier molecular flexibility index (Phi) is 32.3. The maximum absolute atomic E-state index is 2.35. The van der Waals surface area contributed by atoms with Crippen molar-refractivity contribution < 1.29 is 0 Å². The van der Waals surface area contributed by atoms with Crippen LogP contribution < -0.4 is 0 Å². The third-order valence-corrected chi connectivity index (χ3v) is 14.3. The molecule has 1 heteroatoms. The lowest BCUT2D eigenvalue weighted by Crippen LogP contribution is -2.13. The van der Waals surface area contributed by atoms with Crippen molar-refractivity contribution in [1.29, 1.82) is 0 Å². The Morgan fingerprint density at radius 2 is 0.368 bits per heavy atom. The number of hydrogen-bond donors (Lipinski definition) is 0. The highest BCUT2D eigenvalue weighted by Gasteiger charge is 2.34. The summed E-state index contributed by atoms with van der Waals surface area (Å²) in [6.07, 6.45) is 49.7. The fourth-order valence-corrected chi connectivity index (χ4v) is 11.4. The van der Waals surface area contributed by atoms with Gasteiger partial charge in [0.15, 0.2) is 0 Å². The van der Waals surface area contributed by atoms with E-state index < -0.39 is 7.26 Å². The van der Waals surface area contributed by atoms with Crippen molar-refractivity contribution in [2.45, 2.75) is 214 Å². The maximum Gasteiger partial charge on any atom is 0.0594 e. The second kappa shape index (κ2) is 32.0. The molecule has 0 aromatic rings. The van der Waals surface area contributed by atoms with E-state index >= 15 is 0 Å². The van der Waals surface area contributed by atoms with E-state index in [4.69, 9.17) is 0 Å². The number of hydrogen-bond acceptors (Lipinski definition) is 0. The molecule has 0 saturated heterocycles. The molecule has 230 valence electrons. The molecule has 0 heterocycles. The molecule has 0 aliphatic rings. The molecule has 0 bridgehead atoms. The smallest absolute Gasteiger partial charge is 0.0594 e. The molecule has 0 fully saturated rings. The summed E-state index contributed by atoms with van der Waals surface area (Å²) < 4.78 is 0. The highest BCUT2D eigenvalue weighted by molar-refractivity contribution is 7.75. The summed E-state index contributed by atoms with van der Waals surface area (Å²) >= 11 is 0. The molecular formula is C37H78P+. The number of unbranched alkanes of at least 4 members (excludes halogenated alkanes) is 25. The lowest BCUT2D eigenvalue weighted by Gasteiger charge is -2.28. The average molecular weight is 554 g/mol. The third-order valence-electron chi connectivity index (χ3n) is 9.19. The number of rotatable bonds is 33. The topological polar surface area (TPSA) is 0 Å². The van der Waals surface area contributed by atoms with E-state index in [1.54, 1.807) is 50.3 Å². The Morgan fingerprint density at radius 1 is 0.211 bits per heavy atom. The molecule has 0 nitrogen and oxygen atoms in total. The van der Waals surface area contributed by atoms with Crippen LogP contribution in [0.3, 0.4) is 0 Å². The van der Waals surface area contributed by atoms with Crippen molar-refractivity contribution in [2.24, 2.45) is 0 Å². The molecule has 0 spiro atoms. The Bertz CT molecular complexity index is 376. The van der Waals surface area contributed by atoms with Gasteiger partial charge in [0.1, 0.15) is 0 Å². The van der Waals surface area contributed by atoms with E-state index in [-0.39, 0.29) is 0 Å². The molecule has 0 atom stereocenters. The summed E-state index contributed by atoms with van der Waals surface area (Å²) in [5.74, 6) is 0. The van der Waals surface area contributed by atoms with Crippen LogP contribution in [0.25, 0.3) is 0 Å². The molecule has 0 aliphatic carbocycles. The van der Waals surface area contributed by atoms with Gasteiger partial charge in [0, 0.05) is 7.26 Å². The standard InChI is InChI=1S/C37H78P/c1-5-9-13-17-21-22-23-24-25-29-33-37-38(34-30-26-18-14-10-6-2,35-31-27-19-15-11-7-3)36-32-28-20-16-12-8-4/h5-37H2,1-4H3/q+1. The van der Waals surface area contributed by atoms with Gasteiger partial charge in [-0.25, -0.2) is 0 Å². The molecule has 0 aromatic carbocycles. The summed E-state index contributed by atoms with van der Waals surface area (Å²) in [4.78, 5) is 0. The van der Waals surface area contributed by atoms with Gasteiger partial charge in [-0.05, 0) is 51.4 Å². The van der Waals surface area contributed by atoms with Gasteiger partial charge >= 0.3 is 0 Å². The summed E-state index contributed by atoms with van der Waals surface area (Å²) in [6, 6.07) is 0. The Balaban J connectivity index is 4.66. The first-order chi connectivity index (χ1) is 18.7. The second-order valence-corrected chi connectivity index (χ2v) is 17.5. The lowest BCUT2D eigenvalue weighted by molar-refractivity contribution is 0.554. The minimum atomic E-state index is -0.740. The fraction of sp³-hybridized carbons (Fsp3) is 1.00. The van der Waals surface area contributed by atoms with Crippen LogP contribution in [-0.2, 0) is 0 Å². The minimum Gasteiger partial charge on any atom is -0.0654 e. The zero-order chi connectivity index (χ0) is 27.8. The van der Waals surface area contributed by atoms with E-state index in [2.05, 4.69) is 27.7 Å². The van der Waals surface area contributed by atoms with Crippen LogP contribution in [0.4, 0.5) is 0 Å². The van der Waals surface area contributed by atoms with Crippen LogP contribution in [0.15, 0.2) is 0 Å². The van der Waals surface area contributed by atoms with Crippen LogP contribution in [-0.4, -0.2) is 24.6 Å². The monoisotopic (exact) mass is 554 g/mol. The largest absolute Gasteiger partial charge is 0.0654 e. The molecule has 0 saturated carbocycles. The van der Waals surface area contributed by atoms with Gasteiger partial charge in [0.05, 0.1) is 24.6 Å². The van der Waals surface area contributed by atoms with Crippen LogP contribution >= 0.6 is 7.26 Å². The van der Waals surface area contributed by atoms with E-state index in [0.29, 0.717) is 0 Å². The predicted molar refractivity (Wildman–Crippen MR) is 183 cm³/mol. The maximum atomic E-state index is 2.35. The molecule has 0 radical (unpaired) electrons. The summed E-state index contributed by atoms with van der Waals surface area (Å²) in [5, 5.41) is 0. The zero-order valence-electron chi connectivity index (χ0n) is 27.8. The van der Waals surface area contributed by atoms with Crippen molar-refractivity contribution >= 4 is 7.26 Å². The Labute approximate surface area is 245 Å². The van der Waals surface area contributed by atoms with Gasteiger partial charge in [0.2, 0.25) is 0 Å². The zero-order valence-corrected chi connectivity index (χ0v) is 28.7. The molecular weight excluding hydrogens is 475 g/mol. The molecule has 0 unspecified atom stereocenters. The highest BCUT2D eigenvalue weighted by atomic mass is 31.2. The first-order valence-electron chi connectivity index (χ1n) is 18.6. The lowest BCUT2D eigenvalue weighted by atomic mass is 10.1. The summed E-state index contributed by atoms with van der Waals surface area (Å²) in [6.45, 7) is 9.38. The van der Waals surface area contributed by atoms with E-state index in [0.717, 1.165) is 0 Å². The van der Waals surface area contributed by atoms with E-state index in [1.165, 1.54) is 161 Å². The van der Waals surface area contributed by atoms with Gasteiger partial charge in [-0.15, -0.1) is 0 Å². The van der Waals surface area contributed by atoms with Crippen molar-refractivity contribution in [3.8, 4) is 0 Å². The van der Waals surface area contributed by atoms with Gasteiger partial charge in [-0.3, -0.25) is 0 Å². The van der Waals surface area contributed by atoms with Crippen molar-refractivity contribution in [1.82, 2.24) is 0 Å². The molecule has 0 aromatic heterocycles. The highest BCUT2D eigenvalue weighted by Crippen LogP contribution is 2.61. The van der Waals surface area contributed by atoms with Gasteiger partial charge in [0.25, 0.3) is 0 Å². The summed E-state index contributed by atoms with van der Waals surface area (Å²) in [7, 11) is -0.740. The first-order valence-corrected chi connectivity index (χ1v) is 21.1. The quantitative estimate of drug-likeness (QED) is 0.0560. The Morgan fingerprint density at radius 3 is 0.553 bits per heavy atom. The fourth-order valence-electron chi connectivity index (χ4n) is 6.46. The van der Waals surface area contributed by atoms with Crippen molar-refractivity contribution in [2.75, 3.05) is 24.6 Å². The van der Waals surface area contributed by atoms with Crippen molar-refractivity contribution in [3.63, 3.8) is 0 Å². The van der Waals surface area contributed by atoms with Gasteiger partial charge in [-0.2, -0.15) is 0 Å². The summed E-state index contributed by atoms with van der Waals surface area (Å²) in [5.41, 5.74) is 0. The molecule has 0 rings (SSSR count). The molecule has 0 N–H and O–H groups in total. The van der Waals surface area contributed by atoms with Crippen molar-refractivity contribution in [3.05, 3.63) is 0 Å². The first kappa shape index (κ1) is 38.4. The van der Waals surface area contributed by atoms with Crippen LogP contribution in [0.5, 0.6) is 0 Å². The average Bonchev–Trinajstić information content (AvgIpc) is 2.93. The molecule has 0 amide bonds. The second-order valence-electron chi connectivity index (χ2n) is 13.1. The normalized spacial score (nSPS) is 12.0. The molecule has 0 aliphatic heterocycles. The SMILES string of the molecule is CCCCCCCCCCCCC[P+](CCCCCCCC)(CCCCCCCC)CCCCCCCC. The Hall–Kier alpha value is 0.430. The third kappa shape index (κ3) is 26.6.